The summed E-state index contributed by atoms with van der Waals surface area (Å²) in [5.74, 6) is 0.581. The maximum absolute atomic E-state index is 4.65. The lowest BCUT2D eigenvalue weighted by molar-refractivity contribution is 0.711. The lowest BCUT2D eigenvalue weighted by Crippen LogP contribution is -2.16. The van der Waals surface area contributed by atoms with Crippen molar-refractivity contribution < 1.29 is 0 Å². The van der Waals surface area contributed by atoms with Crippen molar-refractivity contribution in [2.24, 2.45) is 7.05 Å². The van der Waals surface area contributed by atoms with Crippen LogP contribution in [0.15, 0.2) is 42.9 Å². The molecule has 1 aliphatic rings. The minimum absolute atomic E-state index is 0.581. The molecule has 0 saturated heterocycles. The lowest BCUT2D eigenvalue weighted by Gasteiger charge is -2.09. The topological polar surface area (TPSA) is 67.7 Å². The highest BCUT2D eigenvalue weighted by Crippen LogP contribution is 2.23. The van der Waals surface area contributed by atoms with Crippen LogP contribution in [0.4, 0.5) is 11.6 Å². The first kappa shape index (κ1) is 14.8. The number of aryl methyl sites for hydroxylation is 1. The van der Waals surface area contributed by atoms with Crippen LogP contribution in [-0.4, -0.2) is 32.8 Å². The Bertz CT molecular complexity index is 854. The summed E-state index contributed by atoms with van der Waals surface area (Å²) in [6, 6.07) is 8.60. The van der Waals surface area contributed by atoms with Crippen molar-refractivity contribution in [2.75, 3.05) is 18.4 Å². The van der Waals surface area contributed by atoms with E-state index in [-0.39, 0.29) is 0 Å². The molecular formula is C18H20N6. The Labute approximate surface area is 141 Å². The van der Waals surface area contributed by atoms with Gasteiger partial charge in [-0.25, -0.2) is 9.97 Å². The first-order valence-electron chi connectivity index (χ1n) is 8.19. The van der Waals surface area contributed by atoms with Gasteiger partial charge >= 0.3 is 0 Å². The molecule has 1 aliphatic heterocycles. The van der Waals surface area contributed by atoms with Gasteiger partial charge in [-0.2, -0.15) is 5.10 Å². The summed E-state index contributed by atoms with van der Waals surface area (Å²) in [7, 11) is 1.88. The van der Waals surface area contributed by atoms with E-state index in [0.29, 0.717) is 5.95 Å². The molecule has 0 saturated carbocycles. The highest BCUT2D eigenvalue weighted by molar-refractivity contribution is 5.63. The molecule has 3 heterocycles. The van der Waals surface area contributed by atoms with Crippen LogP contribution in [0.3, 0.4) is 0 Å². The van der Waals surface area contributed by atoms with E-state index in [9.17, 15) is 0 Å². The molecule has 6 nitrogen and oxygen atoms in total. The third-order valence-electron chi connectivity index (χ3n) is 4.26. The molecule has 0 aliphatic carbocycles. The predicted molar refractivity (Wildman–Crippen MR) is 94.2 cm³/mol. The van der Waals surface area contributed by atoms with Gasteiger partial charge in [0, 0.05) is 25.0 Å². The van der Waals surface area contributed by atoms with E-state index in [1.54, 1.807) is 17.1 Å². The van der Waals surface area contributed by atoms with Crippen LogP contribution in [0.5, 0.6) is 0 Å². The molecule has 0 unspecified atom stereocenters. The quantitative estimate of drug-likeness (QED) is 0.775. The smallest absolute Gasteiger partial charge is 0.227 e. The van der Waals surface area contributed by atoms with Gasteiger partial charge in [0.15, 0.2) is 0 Å². The predicted octanol–water partition coefficient (Wildman–Crippen LogP) is 2.31. The molecule has 1 aromatic carbocycles. The molecule has 2 N–H and O–H groups in total. The van der Waals surface area contributed by atoms with Crippen LogP contribution in [0, 0.1) is 0 Å². The van der Waals surface area contributed by atoms with Crippen LogP contribution in [0.1, 0.15) is 11.1 Å². The number of nitrogens with one attached hydrogen (secondary N) is 2. The zero-order chi connectivity index (χ0) is 16.4. The molecule has 0 fully saturated rings. The van der Waals surface area contributed by atoms with E-state index in [0.717, 1.165) is 42.9 Å². The third-order valence-corrected chi connectivity index (χ3v) is 4.26. The SMILES string of the molecule is Cn1cc(Nc2nccc(-c3ccc4c(c3)CCNCC4)n2)cn1. The average molecular weight is 320 g/mol. The average Bonchev–Trinajstić information content (AvgIpc) is 2.87. The van der Waals surface area contributed by atoms with Crippen LogP contribution in [0.25, 0.3) is 11.3 Å². The number of hydrogen-bond donors (Lipinski definition) is 2. The number of anilines is 2. The Balaban J connectivity index is 1.62. The van der Waals surface area contributed by atoms with Crippen molar-refractivity contribution in [1.29, 1.82) is 0 Å². The zero-order valence-electron chi connectivity index (χ0n) is 13.7. The van der Waals surface area contributed by atoms with Crippen molar-refractivity contribution in [1.82, 2.24) is 25.1 Å². The molecule has 0 atom stereocenters. The maximum Gasteiger partial charge on any atom is 0.227 e. The maximum atomic E-state index is 4.65. The fraction of sp³-hybridized carbons (Fsp3) is 0.278. The molecule has 0 bridgehead atoms. The van der Waals surface area contributed by atoms with Crippen LogP contribution in [-0.2, 0) is 19.9 Å². The Morgan fingerprint density at radius 1 is 1.12 bits per heavy atom. The Morgan fingerprint density at radius 2 is 2.00 bits per heavy atom. The van der Waals surface area contributed by atoms with E-state index in [1.165, 1.54) is 11.1 Å². The number of fused-ring (bicyclic) bond motifs is 1. The van der Waals surface area contributed by atoms with Crippen LogP contribution >= 0.6 is 0 Å². The van der Waals surface area contributed by atoms with Crippen molar-refractivity contribution in [2.45, 2.75) is 12.8 Å². The van der Waals surface area contributed by atoms with Gasteiger partial charge in [0.2, 0.25) is 5.95 Å². The van der Waals surface area contributed by atoms with Gasteiger partial charge in [-0.3, -0.25) is 4.68 Å². The van der Waals surface area contributed by atoms with E-state index >= 15 is 0 Å². The molecule has 0 radical (unpaired) electrons. The highest BCUT2D eigenvalue weighted by atomic mass is 15.3. The standard InChI is InChI=1S/C18H20N6/c1-24-12-16(11-21-24)22-18-20-9-6-17(23-18)15-3-2-13-4-7-19-8-5-14(13)10-15/h2-3,6,9-12,19H,4-5,7-8H2,1H3,(H,20,22,23). The van der Waals surface area contributed by atoms with Crippen molar-refractivity contribution in [3.63, 3.8) is 0 Å². The van der Waals surface area contributed by atoms with Gasteiger partial charge in [-0.1, -0.05) is 12.1 Å². The summed E-state index contributed by atoms with van der Waals surface area (Å²) in [6.07, 6.45) is 7.59. The van der Waals surface area contributed by atoms with Crippen molar-refractivity contribution in [3.05, 3.63) is 54.0 Å². The third kappa shape index (κ3) is 3.14. The number of nitrogens with zero attached hydrogens (tertiary/aromatic N) is 4. The minimum atomic E-state index is 0.581. The number of hydrogen-bond acceptors (Lipinski definition) is 5. The summed E-state index contributed by atoms with van der Waals surface area (Å²) >= 11 is 0. The van der Waals surface area contributed by atoms with E-state index in [1.807, 2.05) is 19.3 Å². The van der Waals surface area contributed by atoms with Crippen molar-refractivity contribution in [3.8, 4) is 11.3 Å². The number of rotatable bonds is 3. The molecule has 4 rings (SSSR count). The fourth-order valence-electron chi connectivity index (χ4n) is 3.03. The van der Waals surface area contributed by atoms with E-state index in [4.69, 9.17) is 0 Å². The first-order valence-corrected chi connectivity index (χ1v) is 8.19. The largest absolute Gasteiger partial charge is 0.321 e. The molecule has 122 valence electrons. The van der Waals surface area contributed by atoms with Gasteiger partial charge in [0.05, 0.1) is 17.6 Å². The van der Waals surface area contributed by atoms with Gasteiger partial charge in [-0.15, -0.1) is 0 Å². The molecule has 0 spiro atoms. The first-order chi connectivity index (χ1) is 11.8. The second-order valence-electron chi connectivity index (χ2n) is 6.03. The summed E-state index contributed by atoms with van der Waals surface area (Å²) < 4.78 is 1.74. The molecular weight excluding hydrogens is 300 g/mol. The van der Waals surface area contributed by atoms with Crippen LogP contribution < -0.4 is 10.6 Å². The van der Waals surface area contributed by atoms with E-state index < -0.39 is 0 Å². The van der Waals surface area contributed by atoms with Gasteiger partial charge < -0.3 is 10.6 Å². The molecule has 2 aromatic heterocycles. The van der Waals surface area contributed by atoms with Gasteiger partial charge in [0.25, 0.3) is 0 Å². The lowest BCUT2D eigenvalue weighted by atomic mass is 9.99. The minimum Gasteiger partial charge on any atom is -0.321 e. The molecule has 24 heavy (non-hydrogen) atoms. The Kier molecular flexibility index (Phi) is 3.96. The Hall–Kier alpha value is -2.73. The summed E-state index contributed by atoms with van der Waals surface area (Å²) in [6.45, 7) is 2.09. The number of aromatic nitrogens is 4. The molecule has 0 amide bonds. The van der Waals surface area contributed by atoms with Gasteiger partial charge in [0.1, 0.15) is 0 Å². The second-order valence-corrected chi connectivity index (χ2v) is 6.03. The summed E-state index contributed by atoms with van der Waals surface area (Å²) in [5, 5.41) is 10.8. The zero-order valence-corrected chi connectivity index (χ0v) is 13.7. The van der Waals surface area contributed by atoms with Crippen LogP contribution in [0.2, 0.25) is 0 Å². The fourth-order valence-corrected chi connectivity index (χ4v) is 3.03. The molecule has 6 heteroatoms. The number of benzene rings is 1. The Morgan fingerprint density at radius 3 is 2.83 bits per heavy atom. The van der Waals surface area contributed by atoms with Crippen molar-refractivity contribution >= 4 is 11.6 Å². The van der Waals surface area contributed by atoms with E-state index in [2.05, 4.69) is 43.9 Å². The molecule has 3 aromatic rings. The summed E-state index contributed by atoms with van der Waals surface area (Å²) in [5.41, 5.74) is 5.79. The highest BCUT2D eigenvalue weighted by Gasteiger charge is 2.10. The monoisotopic (exact) mass is 320 g/mol. The summed E-state index contributed by atoms with van der Waals surface area (Å²) in [4.78, 5) is 8.95. The second kappa shape index (κ2) is 6.41. The normalized spacial score (nSPS) is 14.0. The van der Waals surface area contributed by atoms with Gasteiger partial charge in [-0.05, 0) is 49.2 Å².